The van der Waals surface area contributed by atoms with Gasteiger partial charge in [0.1, 0.15) is 6.61 Å². The van der Waals surface area contributed by atoms with Crippen LogP contribution in [0, 0.1) is 5.92 Å². The van der Waals surface area contributed by atoms with Crippen LogP contribution in [0.4, 0.5) is 61.5 Å². The molecule has 1 saturated heterocycles. The normalized spacial score (nSPS) is 23.3. The van der Waals surface area contributed by atoms with Crippen LogP contribution in [0.3, 0.4) is 0 Å². The summed E-state index contributed by atoms with van der Waals surface area (Å²) in [7, 11) is 0. The molecule has 186 valence electrons. The van der Waals surface area contributed by atoms with Gasteiger partial charge in [0.15, 0.2) is 6.30 Å². The molecule has 3 nitrogen and oxygen atoms in total. The summed E-state index contributed by atoms with van der Waals surface area (Å²) in [5.74, 6) is -13.4. The van der Waals surface area contributed by atoms with E-state index in [4.69, 9.17) is 0 Å². The topological polar surface area (TPSA) is 38.5 Å². The molecular weight excluding hydrogens is 478 g/mol. The molecule has 0 spiro atoms. The standard InChI is InChI=1S/C14H16F14N2O/c15-8(30-3-1-7(2-4-30)11(19,20)21)9(16,13(23,24)25)5-31-6-10(17,18)12(22,29)14(26,27)28/h7-8H,1-6,29H2. The molecular formula is C14H16F14N2O. The first-order valence-electron chi connectivity index (χ1n) is 8.28. The summed E-state index contributed by atoms with van der Waals surface area (Å²) in [5, 5.41) is 0. The van der Waals surface area contributed by atoms with Crippen LogP contribution in [0.25, 0.3) is 0 Å². The Morgan fingerprint density at radius 2 is 1.23 bits per heavy atom. The van der Waals surface area contributed by atoms with Gasteiger partial charge in [-0.15, -0.1) is 0 Å². The van der Waals surface area contributed by atoms with Crippen molar-refractivity contribution in [2.24, 2.45) is 11.7 Å². The Morgan fingerprint density at radius 1 is 0.774 bits per heavy atom. The first kappa shape index (κ1) is 27.9. The monoisotopic (exact) mass is 494 g/mol. The lowest BCUT2D eigenvalue weighted by atomic mass is 9.94. The number of hydrogen-bond donors (Lipinski definition) is 1. The molecule has 1 aliphatic rings. The first-order valence-corrected chi connectivity index (χ1v) is 8.28. The van der Waals surface area contributed by atoms with E-state index >= 15 is 0 Å². The minimum atomic E-state index is -6.39. The summed E-state index contributed by atoms with van der Waals surface area (Å²) in [6, 6.07) is 0. The van der Waals surface area contributed by atoms with Crippen LogP contribution in [0.2, 0.25) is 0 Å². The first-order chi connectivity index (χ1) is 13.6. The van der Waals surface area contributed by atoms with E-state index in [1.54, 1.807) is 0 Å². The molecule has 2 N–H and O–H groups in total. The number of nitrogens with two attached hydrogens (primary N) is 1. The average Bonchev–Trinajstić information content (AvgIpc) is 2.58. The molecule has 1 aliphatic heterocycles. The molecule has 1 heterocycles. The Morgan fingerprint density at radius 3 is 1.58 bits per heavy atom. The summed E-state index contributed by atoms with van der Waals surface area (Å²) < 4.78 is 186. The molecule has 1 fully saturated rings. The van der Waals surface area contributed by atoms with E-state index in [1.807, 2.05) is 0 Å². The van der Waals surface area contributed by atoms with Gasteiger partial charge in [-0.25, -0.2) is 13.2 Å². The summed E-state index contributed by atoms with van der Waals surface area (Å²) >= 11 is 0. The van der Waals surface area contributed by atoms with Gasteiger partial charge in [-0.05, 0) is 12.8 Å². The molecule has 0 bridgehead atoms. The lowest BCUT2D eigenvalue weighted by molar-refractivity contribution is -0.319. The number of hydrogen-bond acceptors (Lipinski definition) is 3. The average molecular weight is 494 g/mol. The van der Waals surface area contributed by atoms with Crippen molar-refractivity contribution in [3.63, 3.8) is 0 Å². The largest absolute Gasteiger partial charge is 0.442 e. The van der Waals surface area contributed by atoms with Gasteiger partial charge in [0.2, 0.25) is 0 Å². The molecule has 0 aliphatic carbocycles. The summed E-state index contributed by atoms with van der Waals surface area (Å²) in [5.41, 5.74) is -1.30. The van der Waals surface area contributed by atoms with Crippen molar-refractivity contribution in [3.05, 3.63) is 0 Å². The minimum Gasteiger partial charge on any atom is -0.371 e. The van der Waals surface area contributed by atoms with Crippen molar-refractivity contribution in [2.45, 2.75) is 55.1 Å². The summed E-state index contributed by atoms with van der Waals surface area (Å²) in [4.78, 5) is 0.0231. The smallest absolute Gasteiger partial charge is 0.371 e. The predicted molar refractivity (Wildman–Crippen MR) is 75.0 cm³/mol. The van der Waals surface area contributed by atoms with E-state index in [2.05, 4.69) is 10.5 Å². The van der Waals surface area contributed by atoms with Crippen LogP contribution in [-0.2, 0) is 4.74 Å². The van der Waals surface area contributed by atoms with Crippen LogP contribution < -0.4 is 5.73 Å². The van der Waals surface area contributed by atoms with Gasteiger partial charge in [-0.2, -0.15) is 48.3 Å². The second-order valence-corrected chi connectivity index (χ2v) is 6.95. The van der Waals surface area contributed by atoms with E-state index in [0.29, 0.717) is 0 Å². The molecule has 0 aromatic heterocycles. The van der Waals surface area contributed by atoms with E-state index in [9.17, 15) is 61.5 Å². The molecule has 17 heteroatoms. The molecule has 1 rings (SSSR count). The second kappa shape index (κ2) is 8.68. The second-order valence-electron chi connectivity index (χ2n) is 6.95. The molecule has 31 heavy (non-hydrogen) atoms. The Kier molecular flexibility index (Phi) is 7.82. The van der Waals surface area contributed by atoms with E-state index < -0.39 is 87.3 Å². The minimum absolute atomic E-state index is 0.0231. The van der Waals surface area contributed by atoms with Gasteiger partial charge in [-0.3, -0.25) is 10.6 Å². The maximum absolute atomic E-state index is 14.4. The molecule has 3 atom stereocenters. The third kappa shape index (κ3) is 5.83. The molecule has 0 aromatic rings. The van der Waals surface area contributed by atoms with Crippen LogP contribution >= 0.6 is 0 Å². The number of likely N-dealkylation sites (tertiary alicyclic amines) is 1. The van der Waals surface area contributed by atoms with Crippen molar-refractivity contribution in [2.75, 3.05) is 26.3 Å². The number of alkyl halides is 14. The van der Waals surface area contributed by atoms with Gasteiger partial charge in [-0.1, -0.05) is 0 Å². The molecule has 0 aromatic carbocycles. The zero-order valence-corrected chi connectivity index (χ0v) is 15.1. The van der Waals surface area contributed by atoms with Gasteiger partial charge in [0.05, 0.1) is 12.5 Å². The lowest BCUT2D eigenvalue weighted by Gasteiger charge is -2.40. The third-order valence-corrected chi connectivity index (χ3v) is 4.70. The highest BCUT2D eigenvalue weighted by atomic mass is 19.4. The Bertz CT molecular complexity index is 593. The highest BCUT2D eigenvalue weighted by Crippen LogP contribution is 2.44. The number of ether oxygens (including phenoxy) is 1. The van der Waals surface area contributed by atoms with E-state index in [0.717, 1.165) is 0 Å². The van der Waals surface area contributed by atoms with E-state index in [-0.39, 0.29) is 4.90 Å². The van der Waals surface area contributed by atoms with Crippen LogP contribution in [0.5, 0.6) is 0 Å². The SMILES string of the molecule is NC(F)(C(F)(F)F)C(F)(F)COCC(F)(C(F)N1CCC(C(F)(F)F)CC1)C(F)(F)F. The molecule has 0 saturated carbocycles. The number of halogens is 14. The Balaban J connectivity index is 2.92. The summed E-state index contributed by atoms with van der Waals surface area (Å²) in [6.07, 6.45) is -22.8. The van der Waals surface area contributed by atoms with Crippen molar-refractivity contribution >= 4 is 0 Å². The van der Waals surface area contributed by atoms with Gasteiger partial charge in [0.25, 0.3) is 5.67 Å². The zero-order chi connectivity index (χ0) is 24.7. The number of nitrogens with zero attached hydrogens (tertiary/aromatic N) is 1. The number of piperidine rings is 1. The maximum atomic E-state index is 14.4. The lowest BCUT2D eigenvalue weighted by Crippen LogP contribution is -2.64. The van der Waals surface area contributed by atoms with E-state index in [1.165, 1.54) is 0 Å². The molecule has 0 amide bonds. The summed E-state index contributed by atoms with van der Waals surface area (Å²) in [6.45, 7) is -7.42. The van der Waals surface area contributed by atoms with Gasteiger partial charge < -0.3 is 4.74 Å². The van der Waals surface area contributed by atoms with Crippen LogP contribution in [-0.4, -0.2) is 73.4 Å². The Labute approximate surface area is 165 Å². The highest BCUT2D eigenvalue weighted by Gasteiger charge is 2.70. The van der Waals surface area contributed by atoms with Crippen molar-refractivity contribution < 1.29 is 66.2 Å². The van der Waals surface area contributed by atoms with Crippen molar-refractivity contribution in [1.82, 2.24) is 4.90 Å². The maximum Gasteiger partial charge on any atom is 0.442 e. The van der Waals surface area contributed by atoms with Crippen molar-refractivity contribution in [3.8, 4) is 0 Å². The third-order valence-electron chi connectivity index (χ3n) is 4.70. The predicted octanol–water partition coefficient (Wildman–Crippen LogP) is 4.67. The van der Waals surface area contributed by atoms with Crippen LogP contribution in [0.1, 0.15) is 12.8 Å². The fourth-order valence-corrected chi connectivity index (χ4v) is 2.67. The fraction of sp³-hybridized carbons (Fsp3) is 1.00. The number of rotatable bonds is 7. The van der Waals surface area contributed by atoms with Gasteiger partial charge in [0, 0.05) is 13.1 Å². The van der Waals surface area contributed by atoms with Crippen LogP contribution in [0.15, 0.2) is 0 Å². The highest BCUT2D eigenvalue weighted by molar-refractivity contribution is 4.98. The van der Waals surface area contributed by atoms with Crippen molar-refractivity contribution in [1.29, 1.82) is 0 Å². The zero-order valence-electron chi connectivity index (χ0n) is 15.1. The molecule has 0 radical (unpaired) electrons. The van der Waals surface area contributed by atoms with Gasteiger partial charge >= 0.3 is 30.2 Å². The Hall–Kier alpha value is -1.10. The molecule has 3 unspecified atom stereocenters. The fourth-order valence-electron chi connectivity index (χ4n) is 2.67. The quantitative estimate of drug-likeness (QED) is 0.413.